The number of H-pyrrole nitrogens is 1. The molecule has 22 heavy (non-hydrogen) atoms. The molecular formula is C15H16N4O2S. The molecule has 2 heterocycles. The van der Waals surface area contributed by atoms with Gasteiger partial charge in [-0.1, -0.05) is 41.6 Å². The highest BCUT2D eigenvalue weighted by Crippen LogP contribution is 2.21. The zero-order valence-corrected chi connectivity index (χ0v) is 13.4. The molecule has 114 valence electrons. The van der Waals surface area contributed by atoms with E-state index in [4.69, 9.17) is 0 Å². The lowest BCUT2D eigenvalue weighted by Gasteiger charge is -2.00. The minimum atomic E-state index is -0.376. The van der Waals surface area contributed by atoms with Crippen LogP contribution in [0.25, 0.3) is 11.2 Å². The molecule has 0 saturated heterocycles. The van der Waals surface area contributed by atoms with Crippen LogP contribution in [0.15, 0.2) is 39.0 Å². The molecule has 1 N–H and O–H groups in total. The van der Waals surface area contributed by atoms with Crippen LogP contribution in [0.3, 0.4) is 0 Å². The molecule has 0 fully saturated rings. The van der Waals surface area contributed by atoms with E-state index in [1.165, 1.54) is 34.5 Å². The smallest absolute Gasteiger partial charge is 0.327 e. The summed E-state index contributed by atoms with van der Waals surface area (Å²) in [6, 6.07) is 8.27. The van der Waals surface area contributed by atoms with Crippen LogP contribution in [0.5, 0.6) is 0 Å². The van der Waals surface area contributed by atoms with Crippen molar-refractivity contribution in [2.24, 2.45) is 14.1 Å². The molecule has 3 aromatic rings. The first-order valence-corrected chi connectivity index (χ1v) is 7.80. The molecule has 7 heteroatoms. The number of hydrogen-bond acceptors (Lipinski definition) is 4. The van der Waals surface area contributed by atoms with Gasteiger partial charge in [0.1, 0.15) is 0 Å². The maximum Gasteiger partial charge on any atom is 0.332 e. The second kappa shape index (κ2) is 5.49. The van der Waals surface area contributed by atoms with Crippen molar-refractivity contribution in [2.45, 2.75) is 17.8 Å². The van der Waals surface area contributed by atoms with Crippen LogP contribution in [0.1, 0.15) is 11.1 Å². The molecule has 0 radical (unpaired) electrons. The number of fused-ring (bicyclic) bond motifs is 1. The second-order valence-electron chi connectivity index (χ2n) is 5.22. The van der Waals surface area contributed by atoms with Crippen LogP contribution in [0, 0.1) is 6.92 Å². The van der Waals surface area contributed by atoms with Crippen LogP contribution in [0.2, 0.25) is 0 Å². The molecule has 3 rings (SSSR count). The highest BCUT2D eigenvalue weighted by atomic mass is 32.2. The third-order valence-electron chi connectivity index (χ3n) is 3.57. The van der Waals surface area contributed by atoms with Crippen molar-refractivity contribution >= 4 is 22.9 Å². The van der Waals surface area contributed by atoms with Crippen LogP contribution in [0.4, 0.5) is 0 Å². The number of imidazole rings is 1. The Hall–Kier alpha value is -2.28. The summed E-state index contributed by atoms with van der Waals surface area (Å²) >= 11 is 1.50. The van der Waals surface area contributed by atoms with Crippen molar-refractivity contribution in [2.75, 3.05) is 0 Å². The molecule has 2 aromatic heterocycles. The van der Waals surface area contributed by atoms with Crippen LogP contribution < -0.4 is 11.2 Å². The molecule has 0 aliphatic carbocycles. The molecule has 0 aliphatic rings. The first-order chi connectivity index (χ1) is 10.5. The Morgan fingerprint density at radius 1 is 1.14 bits per heavy atom. The van der Waals surface area contributed by atoms with Gasteiger partial charge in [0, 0.05) is 19.8 Å². The van der Waals surface area contributed by atoms with Crippen LogP contribution >= 0.6 is 11.8 Å². The minimum absolute atomic E-state index is 0.354. The van der Waals surface area contributed by atoms with E-state index in [0.29, 0.717) is 16.3 Å². The normalized spacial score (nSPS) is 11.2. The Labute approximate surface area is 130 Å². The molecule has 6 nitrogen and oxygen atoms in total. The SMILES string of the molecule is Cc1ccc(CSc2nc3c([nH]2)c(=O)n(C)c(=O)n3C)cc1. The zero-order chi connectivity index (χ0) is 15.9. The second-order valence-corrected chi connectivity index (χ2v) is 6.18. The summed E-state index contributed by atoms with van der Waals surface area (Å²) in [5.41, 5.74) is 2.41. The summed E-state index contributed by atoms with van der Waals surface area (Å²) in [4.78, 5) is 31.4. The lowest BCUT2D eigenvalue weighted by atomic mass is 10.2. The van der Waals surface area contributed by atoms with E-state index < -0.39 is 0 Å². The van der Waals surface area contributed by atoms with Gasteiger partial charge in [0.25, 0.3) is 5.56 Å². The van der Waals surface area contributed by atoms with Gasteiger partial charge in [-0.2, -0.15) is 0 Å². The average Bonchev–Trinajstić information content (AvgIpc) is 2.95. The fraction of sp³-hybridized carbons (Fsp3) is 0.267. The first kappa shape index (κ1) is 14.6. The predicted octanol–water partition coefficient (Wildman–Crippen LogP) is 1.56. The summed E-state index contributed by atoms with van der Waals surface area (Å²) in [7, 11) is 3.07. The number of aromatic nitrogens is 4. The van der Waals surface area contributed by atoms with Gasteiger partial charge in [-0.05, 0) is 12.5 Å². The summed E-state index contributed by atoms with van der Waals surface area (Å²) in [5, 5.41) is 0.633. The van der Waals surface area contributed by atoms with Gasteiger partial charge in [-0.25, -0.2) is 9.78 Å². The van der Waals surface area contributed by atoms with E-state index in [2.05, 4.69) is 34.2 Å². The third-order valence-corrected chi connectivity index (χ3v) is 4.51. The maximum absolute atomic E-state index is 12.1. The Bertz CT molecular complexity index is 951. The first-order valence-electron chi connectivity index (χ1n) is 6.81. The van der Waals surface area contributed by atoms with E-state index in [1.54, 1.807) is 7.05 Å². The number of thioether (sulfide) groups is 1. The number of hydrogen-bond donors (Lipinski definition) is 1. The Morgan fingerprint density at radius 3 is 2.50 bits per heavy atom. The largest absolute Gasteiger partial charge is 0.332 e. The van der Waals surface area contributed by atoms with Crippen molar-refractivity contribution in [3.8, 4) is 0 Å². The van der Waals surface area contributed by atoms with Gasteiger partial charge in [-0.15, -0.1) is 0 Å². The average molecular weight is 316 g/mol. The number of aryl methyl sites for hydroxylation is 2. The minimum Gasteiger partial charge on any atom is -0.327 e. The van der Waals surface area contributed by atoms with E-state index >= 15 is 0 Å². The summed E-state index contributed by atoms with van der Waals surface area (Å²) < 4.78 is 2.46. The monoisotopic (exact) mass is 316 g/mol. The van der Waals surface area contributed by atoms with Gasteiger partial charge in [0.2, 0.25) is 0 Å². The Kier molecular flexibility index (Phi) is 3.66. The number of nitrogens with zero attached hydrogens (tertiary/aromatic N) is 3. The molecule has 0 saturated carbocycles. The lowest BCUT2D eigenvalue weighted by molar-refractivity contribution is 0.708. The predicted molar refractivity (Wildman–Crippen MR) is 87.3 cm³/mol. The third kappa shape index (κ3) is 2.48. The van der Waals surface area contributed by atoms with Crippen LogP contribution in [-0.4, -0.2) is 19.1 Å². The maximum atomic E-state index is 12.1. The Balaban J connectivity index is 1.94. The fourth-order valence-corrected chi connectivity index (χ4v) is 3.03. The zero-order valence-electron chi connectivity index (χ0n) is 12.6. The lowest BCUT2D eigenvalue weighted by Crippen LogP contribution is -2.36. The topological polar surface area (TPSA) is 72.7 Å². The van der Waals surface area contributed by atoms with Gasteiger partial charge in [0.05, 0.1) is 0 Å². The van der Waals surface area contributed by atoms with Crippen molar-refractivity contribution < 1.29 is 0 Å². The molecule has 0 unspecified atom stereocenters. The van der Waals surface area contributed by atoms with E-state index in [0.717, 1.165) is 10.3 Å². The number of nitrogens with one attached hydrogen (secondary N) is 1. The van der Waals surface area contributed by atoms with Crippen molar-refractivity contribution in [1.29, 1.82) is 0 Å². The highest BCUT2D eigenvalue weighted by Gasteiger charge is 2.13. The van der Waals surface area contributed by atoms with Crippen molar-refractivity contribution in [3.63, 3.8) is 0 Å². The van der Waals surface area contributed by atoms with E-state index in [9.17, 15) is 9.59 Å². The molecule has 0 amide bonds. The number of aromatic amines is 1. The Morgan fingerprint density at radius 2 is 1.82 bits per heavy atom. The summed E-state index contributed by atoms with van der Waals surface area (Å²) in [5.74, 6) is 0.744. The van der Waals surface area contributed by atoms with Gasteiger partial charge in [-0.3, -0.25) is 13.9 Å². The van der Waals surface area contributed by atoms with E-state index in [1.807, 2.05) is 6.92 Å². The van der Waals surface area contributed by atoms with Crippen molar-refractivity contribution in [3.05, 3.63) is 56.2 Å². The molecular weight excluding hydrogens is 300 g/mol. The fourth-order valence-electron chi connectivity index (χ4n) is 2.21. The molecule has 0 aliphatic heterocycles. The van der Waals surface area contributed by atoms with E-state index in [-0.39, 0.29) is 11.2 Å². The standard InChI is InChI=1S/C15H16N4O2S/c1-9-4-6-10(7-5-9)8-22-14-16-11-12(17-14)18(2)15(21)19(3)13(11)20/h4-7H,8H2,1-3H3,(H,16,17). The number of benzene rings is 1. The molecule has 0 bridgehead atoms. The van der Waals surface area contributed by atoms with Crippen LogP contribution in [-0.2, 0) is 19.8 Å². The van der Waals surface area contributed by atoms with Gasteiger partial charge >= 0.3 is 5.69 Å². The number of rotatable bonds is 3. The summed E-state index contributed by atoms with van der Waals surface area (Å²) in [6.07, 6.45) is 0. The van der Waals surface area contributed by atoms with Gasteiger partial charge in [0.15, 0.2) is 16.3 Å². The molecule has 0 atom stereocenters. The highest BCUT2D eigenvalue weighted by molar-refractivity contribution is 7.98. The quantitative estimate of drug-likeness (QED) is 0.744. The summed E-state index contributed by atoms with van der Waals surface area (Å²) in [6.45, 7) is 2.05. The molecule has 0 spiro atoms. The van der Waals surface area contributed by atoms with Gasteiger partial charge < -0.3 is 4.98 Å². The molecule has 1 aromatic carbocycles. The van der Waals surface area contributed by atoms with Crippen molar-refractivity contribution in [1.82, 2.24) is 19.1 Å².